The number of aliphatic hydroxyl groups is 1. The van der Waals surface area contributed by atoms with Crippen LogP contribution >= 0.6 is 0 Å². The molecule has 0 saturated heterocycles. The number of nitrogens with one attached hydrogen (secondary N) is 2. The summed E-state index contributed by atoms with van der Waals surface area (Å²) in [6.45, 7) is 5.97. The fraction of sp³-hybridized carbons (Fsp3) is 0.444. The average Bonchev–Trinajstić information content (AvgIpc) is 2.84. The molecule has 0 heterocycles. The Hall–Kier alpha value is -3.59. The van der Waals surface area contributed by atoms with E-state index in [1.807, 2.05) is 60.7 Å². The van der Waals surface area contributed by atoms with Gasteiger partial charge in [0.05, 0.1) is 6.04 Å². The molecule has 0 spiro atoms. The SMILES string of the molecule is CN(CCCNC(=O)OCc1ccccc1)C(=O)C(O)[C@@H](Cc1ccccc1)NC(=O)OC(C)(C)C. The number of aliphatic hydroxyl groups excluding tert-OH is 1. The molecule has 0 aromatic heterocycles. The van der Waals surface area contributed by atoms with E-state index in [0.717, 1.165) is 11.1 Å². The Kier molecular flexibility index (Phi) is 11.2. The lowest BCUT2D eigenvalue weighted by molar-refractivity contribution is -0.140. The zero-order chi connectivity index (χ0) is 26.6. The smallest absolute Gasteiger partial charge is 0.407 e. The molecule has 3 amide bonds. The van der Waals surface area contributed by atoms with E-state index >= 15 is 0 Å². The van der Waals surface area contributed by atoms with E-state index in [2.05, 4.69) is 10.6 Å². The maximum atomic E-state index is 12.9. The van der Waals surface area contributed by atoms with Gasteiger partial charge in [0.25, 0.3) is 5.91 Å². The zero-order valence-corrected chi connectivity index (χ0v) is 21.4. The number of nitrogens with zero attached hydrogens (tertiary/aromatic N) is 1. The van der Waals surface area contributed by atoms with Gasteiger partial charge in [-0.2, -0.15) is 0 Å². The van der Waals surface area contributed by atoms with E-state index in [1.54, 1.807) is 27.8 Å². The van der Waals surface area contributed by atoms with Crippen LogP contribution in [0.5, 0.6) is 0 Å². The minimum Gasteiger partial charge on any atom is -0.445 e. The van der Waals surface area contributed by atoms with E-state index in [1.165, 1.54) is 4.90 Å². The highest BCUT2D eigenvalue weighted by Crippen LogP contribution is 2.12. The molecule has 0 bridgehead atoms. The van der Waals surface area contributed by atoms with Gasteiger partial charge in [-0.3, -0.25) is 4.79 Å². The van der Waals surface area contributed by atoms with Crippen molar-refractivity contribution >= 4 is 18.1 Å². The van der Waals surface area contributed by atoms with E-state index in [4.69, 9.17) is 9.47 Å². The molecule has 2 aromatic carbocycles. The first-order valence-electron chi connectivity index (χ1n) is 12.0. The predicted molar refractivity (Wildman–Crippen MR) is 136 cm³/mol. The molecule has 2 atom stereocenters. The van der Waals surface area contributed by atoms with Gasteiger partial charge in [0.1, 0.15) is 12.2 Å². The molecule has 2 rings (SSSR count). The molecule has 3 N–H and O–H groups in total. The minimum atomic E-state index is -1.48. The number of alkyl carbamates (subject to hydrolysis) is 2. The lowest BCUT2D eigenvalue weighted by Gasteiger charge is -2.28. The van der Waals surface area contributed by atoms with E-state index in [-0.39, 0.29) is 13.0 Å². The quantitative estimate of drug-likeness (QED) is 0.409. The first-order chi connectivity index (χ1) is 17.0. The molecule has 0 aliphatic rings. The monoisotopic (exact) mass is 499 g/mol. The Morgan fingerprint density at radius 1 is 0.944 bits per heavy atom. The maximum absolute atomic E-state index is 12.9. The molecule has 0 aliphatic heterocycles. The van der Waals surface area contributed by atoms with Gasteiger partial charge in [-0.25, -0.2) is 9.59 Å². The predicted octanol–water partition coefficient (Wildman–Crippen LogP) is 3.26. The number of benzene rings is 2. The molecule has 2 aromatic rings. The summed E-state index contributed by atoms with van der Waals surface area (Å²) in [5.74, 6) is -0.543. The molecule has 0 saturated carbocycles. The minimum absolute atomic E-state index is 0.171. The Morgan fingerprint density at radius 3 is 2.11 bits per heavy atom. The van der Waals surface area contributed by atoms with Crippen LogP contribution in [0.1, 0.15) is 38.3 Å². The molecule has 0 radical (unpaired) electrons. The summed E-state index contributed by atoms with van der Waals surface area (Å²) in [6, 6.07) is 17.7. The molecule has 36 heavy (non-hydrogen) atoms. The Bertz CT molecular complexity index is 962. The van der Waals surface area contributed by atoms with Crippen molar-refractivity contribution in [3.63, 3.8) is 0 Å². The molecule has 0 fully saturated rings. The topological polar surface area (TPSA) is 117 Å². The van der Waals surface area contributed by atoms with Crippen molar-refractivity contribution in [2.75, 3.05) is 20.1 Å². The van der Waals surface area contributed by atoms with E-state index in [0.29, 0.717) is 19.5 Å². The second kappa shape index (κ2) is 14.1. The number of likely N-dealkylation sites (N-methyl/N-ethyl adjacent to an activating group) is 1. The van der Waals surface area contributed by atoms with Crippen LogP contribution < -0.4 is 10.6 Å². The van der Waals surface area contributed by atoms with Crippen LogP contribution in [0.3, 0.4) is 0 Å². The van der Waals surface area contributed by atoms with Crippen molar-refractivity contribution in [2.45, 2.75) is 58.0 Å². The van der Waals surface area contributed by atoms with Gasteiger partial charge in [0.2, 0.25) is 0 Å². The van der Waals surface area contributed by atoms with Crippen molar-refractivity contribution < 1.29 is 29.0 Å². The first kappa shape index (κ1) is 28.6. The molecule has 0 aliphatic carbocycles. The van der Waals surface area contributed by atoms with Crippen molar-refractivity contribution in [1.82, 2.24) is 15.5 Å². The third-order valence-corrected chi connectivity index (χ3v) is 5.16. The van der Waals surface area contributed by atoms with Crippen LogP contribution in [0, 0.1) is 0 Å². The zero-order valence-electron chi connectivity index (χ0n) is 21.4. The Labute approximate surface area is 212 Å². The Morgan fingerprint density at radius 2 is 1.53 bits per heavy atom. The summed E-state index contributed by atoms with van der Waals surface area (Å²) < 4.78 is 10.5. The maximum Gasteiger partial charge on any atom is 0.407 e. The summed E-state index contributed by atoms with van der Waals surface area (Å²) in [6.07, 6.45) is -2.03. The van der Waals surface area contributed by atoms with Crippen molar-refractivity contribution in [1.29, 1.82) is 0 Å². The largest absolute Gasteiger partial charge is 0.445 e. The van der Waals surface area contributed by atoms with Gasteiger partial charge < -0.3 is 30.1 Å². The average molecular weight is 500 g/mol. The van der Waals surface area contributed by atoms with Gasteiger partial charge in [-0.1, -0.05) is 60.7 Å². The summed E-state index contributed by atoms with van der Waals surface area (Å²) in [5.41, 5.74) is 1.02. The summed E-state index contributed by atoms with van der Waals surface area (Å²) in [7, 11) is 1.56. The second-order valence-electron chi connectivity index (χ2n) is 9.49. The molecule has 196 valence electrons. The van der Waals surface area contributed by atoms with Crippen LogP contribution in [0.4, 0.5) is 9.59 Å². The van der Waals surface area contributed by atoms with Crippen LogP contribution in [-0.4, -0.2) is 66.0 Å². The Balaban J connectivity index is 1.84. The van der Waals surface area contributed by atoms with Crippen molar-refractivity contribution in [2.24, 2.45) is 0 Å². The van der Waals surface area contributed by atoms with Crippen LogP contribution in [-0.2, 0) is 27.3 Å². The summed E-state index contributed by atoms with van der Waals surface area (Å²) >= 11 is 0. The van der Waals surface area contributed by atoms with E-state index < -0.39 is 35.8 Å². The van der Waals surface area contributed by atoms with Gasteiger partial charge in [-0.15, -0.1) is 0 Å². The van der Waals surface area contributed by atoms with Gasteiger partial charge in [0, 0.05) is 20.1 Å². The second-order valence-corrected chi connectivity index (χ2v) is 9.49. The van der Waals surface area contributed by atoms with Crippen LogP contribution in [0.15, 0.2) is 60.7 Å². The van der Waals surface area contributed by atoms with Crippen LogP contribution in [0.25, 0.3) is 0 Å². The normalized spacial score (nSPS) is 12.7. The highest BCUT2D eigenvalue weighted by molar-refractivity contribution is 5.82. The number of hydrogen-bond acceptors (Lipinski definition) is 6. The number of rotatable bonds is 11. The van der Waals surface area contributed by atoms with Gasteiger partial charge >= 0.3 is 12.2 Å². The van der Waals surface area contributed by atoms with Crippen LogP contribution in [0.2, 0.25) is 0 Å². The number of carbonyl (C=O) groups is 3. The van der Waals surface area contributed by atoms with Gasteiger partial charge in [-0.05, 0) is 44.7 Å². The molecule has 1 unspecified atom stereocenters. The lowest BCUT2D eigenvalue weighted by Crippen LogP contribution is -2.53. The third-order valence-electron chi connectivity index (χ3n) is 5.16. The lowest BCUT2D eigenvalue weighted by atomic mass is 10.0. The molecular formula is C27H37N3O6. The first-order valence-corrected chi connectivity index (χ1v) is 12.0. The standard InChI is InChI=1S/C27H37N3O6/c1-27(2,3)36-26(34)29-22(18-20-12-7-5-8-13-20)23(31)24(32)30(4)17-11-16-28-25(33)35-19-21-14-9-6-10-15-21/h5-10,12-15,22-23,31H,11,16-19H2,1-4H3,(H,28,33)(H,29,34)/t22-,23?/m1/s1. The van der Waals surface area contributed by atoms with Gasteiger partial charge in [0.15, 0.2) is 6.10 Å². The summed E-state index contributed by atoms with van der Waals surface area (Å²) in [4.78, 5) is 38.5. The fourth-order valence-corrected chi connectivity index (χ4v) is 3.36. The highest BCUT2D eigenvalue weighted by Gasteiger charge is 2.31. The molecule has 9 heteroatoms. The number of hydrogen-bond donors (Lipinski definition) is 3. The fourth-order valence-electron chi connectivity index (χ4n) is 3.36. The highest BCUT2D eigenvalue weighted by atomic mass is 16.6. The van der Waals surface area contributed by atoms with Crippen molar-refractivity contribution in [3.05, 3.63) is 71.8 Å². The van der Waals surface area contributed by atoms with E-state index in [9.17, 15) is 19.5 Å². The number of carbonyl (C=O) groups excluding carboxylic acids is 3. The number of amides is 3. The molecule has 9 nitrogen and oxygen atoms in total. The summed E-state index contributed by atoms with van der Waals surface area (Å²) in [5, 5.41) is 16.1. The molecular weight excluding hydrogens is 462 g/mol. The third kappa shape index (κ3) is 10.8. The number of ether oxygens (including phenoxy) is 2. The van der Waals surface area contributed by atoms with Crippen molar-refractivity contribution in [3.8, 4) is 0 Å².